The first-order valence-corrected chi connectivity index (χ1v) is 10.4. The maximum atomic E-state index is 12.9. The van der Waals surface area contributed by atoms with Gasteiger partial charge >= 0.3 is 0 Å². The Morgan fingerprint density at radius 3 is 2.59 bits per heavy atom. The Hall–Kier alpha value is -2.20. The van der Waals surface area contributed by atoms with Crippen molar-refractivity contribution in [3.63, 3.8) is 0 Å². The van der Waals surface area contributed by atoms with Gasteiger partial charge in [0.15, 0.2) is 4.83 Å². The van der Waals surface area contributed by atoms with Gasteiger partial charge in [-0.15, -0.1) is 26.6 Å². The molecule has 0 aliphatic rings. The highest BCUT2D eigenvalue weighted by atomic mass is 32.1. The summed E-state index contributed by atoms with van der Waals surface area (Å²) in [4.78, 5) is 27.3. The lowest BCUT2D eigenvalue weighted by Crippen LogP contribution is -2.35. The average Bonchev–Trinajstić information content (AvgIpc) is 3.14. The van der Waals surface area contributed by atoms with Crippen LogP contribution in [0.5, 0.6) is 0 Å². The van der Waals surface area contributed by atoms with Gasteiger partial charge in [0.2, 0.25) is 5.13 Å². The predicted molar refractivity (Wildman–Crippen MR) is 108 cm³/mol. The third-order valence-electron chi connectivity index (χ3n) is 4.28. The number of carbonyl (C=O) groups excluding carboxylic acids is 1. The van der Waals surface area contributed by atoms with Gasteiger partial charge in [-0.25, -0.2) is 0 Å². The SMILES string of the molecule is CCC(C(=O)Nc1nnc(CC(C)C)s1)n1nnc2sc(C)c(C)c2c1=O. The Labute approximate surface area is 164 Å². The van der Waals surface area contributed by atoms with Crippen LogP contribution >= 0.6 is 22.7 Å². The second-order valence-corrected chi connectivity index (χ2v) is 9.08. The highest BCUT2D eigenvalue weighted by molar-refractivity contribution is 7.18. The van der Waals surface area contributed by atoms with Crippen molar-refractivity contribution < 1.29 is 4.79 Å². The maximum absolute atomic E-state index is 12.9. The molecule has 3 aromatic heterocycles. The fourth-order valence-electron chi connectivity index (χ4n) is 2.77. The van der Waals surface area contributed by atoms with E-state index in [9.17, 15) is 9.59 Å². The summed E-state index contributed by atoms with van der Waals surface area (Å²) in [5.74, 6) is 0.118. The second kappa shape index (κ2) is 7.81. The fourth-order valence-corrected chi connectivity index (χ4v) is 4.69. The van der Waals surface area contributed by atoms with Crippen molar-refractivity contribution >= 4 is 43.9 Å². The number of hydrogen-bond donors (Lipinski definition) is 1. The molecule has 1 amide bonds. The lowest BCUT2D eigenvalue weighted by molar-refractivity contribution is -0.119. The van der Waals surface area contributed by atoms with Gasteiger partial charge in [0.1, 0.15) is 11.0 Å². The number of thiophene rings is 1. The molecule has 3 aromatic rings. The number of hydrogen-bond acceptors (Lipinski definition) is 8. The van der Waals surface area contributed by atoms with Gasteiger partial charge < -0.3 is 0 Å². The third-order valence-corrected chi connectivity index (χ3v) is 6.24. The summed E-state index contributed by atoms with van der Waals surface area (Å²) in [6.45, 7) is 9.86. The van der Waals surface area contributed by atoms with Crippen LogP contribution in [0, 0.1) is 19.8 Å². The van der Waals surface area contributed by atoms with Crippen molar-refractivity contribution in [1.29, 1.82) is 0 Å². The maximum Gasteiger partial charge on any atom is 0.279 e. The molecule has 0 aliphatic carbocycles. The molecule has 0 bridgehead atoms. The smallest absolute Gasteiger partial charge is 0.279 e. The Balaban J connectivity index is 1.88. The van der Waals surface area contributed by atoms with Gasteiger partial charge in [0.05, 0.1) is 5.39 Å². The summed E-state index contributed by atoms with van der Waals surface area (Å²) >= 11 is 2.78. The first-order chi connectivity index (χ1) is 12.8. The van der Waals surface area contributed by atoms with E-state index in [0.29, 0.717) is 27.7 Å². The standard InChI is InChI=1S/C17H22N6O2S2/c1-6-11(14(24)18-17-21-19-12(27-17)7-8(2)3)23-16(25)13-9(4)10(5)26-15(13)20-22-23/h8,11H,6-7H2,1-5H3,(H,18,21,24). The van der Waals surface area contributed by atoms with Gasteiger partial charge in [-0.2, -0.15) is 4.68 Å². The zero-order valence-corrected chi connectivity index (χ0v) is 17.6. The quantitative estimate of drug-likeness (QED) is 0.675. The summed E-state index contributed by atoms with van der Waals surface area (Å²) in [6, 6.07) is -0.758. The summed E-state index contributed by atoms with van der Waals surface area (Å²) in [5.41, 5.74) is 0.600. The Morgan fingerprint density at radius 2 is 1.93 bits per heavy atom. The van der Waals surface area contributed by atoms with Crippen LogP contribution in [0.2, 0.25) is 0 Å². The van der Waals surface area contributed by atoms with Crippen LogP contribution < -0.4 is 10.9 Å². The topological polar surface area (TPSA) is 103 Å². The van der Waals surface area contributed by atoms with E-state index in [-0.39, 0.29) is 11.5 Å². The molecule has 144 valence electrons. The number of carbonyl (C=O) groups is 1. The molecule has 27 heavy (non-hydrogen) atoms. The lowest BCUT2D eigenvalue weighted by Gasteiger charge is -2.14. The molecule has 0 radical (unpaired) electrons. The van der Waals surface area contributed by atoms with E-state index in [2.05, 4.69) is 39.7 Å². The van der Waals surface area contributed by atoms with Crippen LogP contribution in [0.1, 0.15) is 48.7 Å². The molecule has 0 aromatic carbocycles. The zero-order valence-electron chi connectivity index (χ0n) is 15.9. The van der Waals surface area contributed by atoms with E-state index in [4.69, 9.17) is 0 Å². The molecule has 8 nitrogen and oxygen atoms in total. The van der Waals surface area contributed by atoms with Crippen molar-refractivity contribution in [2.75, 3.05) is 5.32 Å². The second-order valence-electron chi connectivity index (χ2n) is 6.81. The fraction of sp³-hybridized carbons (Fsp3) is 0.529. The van der Waals surface area contributed by atoms with Crippen molar-refractivity contribution in [3.05, 3.63) is 25.8 Å². The van der Waals surface area contributed by atoms with Crippen LogP contribution in [0.15, 0.2) is 4.79 Å². The minimum Gasteiger partial charge on any atom is -0.299 e. The molecule has 3 rings (SSSR count). The highest BCUT2D eigenvalue weighted by Gasteiger charge is 2.25. The average molecular weight is 407 g/mol. The van der Waals surface area contributed by atoms with Gasteiger partial charge in [0.25, 0.3) is 11.5 Å². The Kier molecular flexibility index (Phi) is 5.66. The summed E-state index contributed by atoms with van der Waals surface area (Å²) in [6.07, 6.45) is 1.22. The van der Waals surface area contributed by atoms with Gasteiger partial charge in [-0.3, -0.25) is 14.9 Å². The molecule has 0 spiro atoms. The van der Waals surface area contributed by atoms with Gasteiger partial charge in [-0.1, -0.05) is 37.3 Å². The minimum absolute atomic E-state index is 0.290. The van der Waals surface area contributed by atoms with Crippen LogP contribution in [0.4, 0.5) is 5.13 Å². The number of nitrogens with one attached hydrogen (secondary N) is 1. The minimum atomic E-state index is -0.758. The van der Waals surface area contributed by atoms with E-state index >= 15 is 0 Å². The molecular weight excluding hydrogens is 384 g/mol. The van der Waals surface area contributed by atoms with Crippen LogP contribution in [0.3, 0.4) is 0 Å². The molecule has 10 heteroatoms. The molecule has 0 aliphatic heterocycles. The molecule has 0 fully saturated rings. The van der Waals surface area contributed by atoms with Crippen molar-refractivity contribution in [2.45, 2.75) is 53.5 Å². The summed E-state index contributed by atoms with van der Waals surface area (Å²) < 4.78 is 1.17. The van der Waals surface area contributed by atoms with Crippen LogP contribution in [0.25, 0.3) is 10.2 Å². The molecular formula is C17H22N6O2S2. The van der Waals surface area contributed by atoms with Crippen molar-refractivity contribution in [3.8, 4) is 0 Å². The van der Waals surface area contributed by atoms with Crippen molar-refractivity contribution in [2.24, 2.45) is 5.92 Å². The molecule has 1 atom stereocenters. The number of aryl methyl sites for hydroxylation is 2. The van der Waals surface area contributed by atoms with E-state index in [1.165, 1.54) is 27.4 Å². The number of anilines is 1. The van der Waals surface area contributed by atoms with Gasteiger partial charge in [-0.05, 0) is 31.7 Å². The normalized spacial score (nSPS) is 12.7. The van der Waals surface area contributed by atoms with Gasteiger partial charge in [0, 0.05) is 11.3 Å². The molecule has 1 unspecified atom stereocenters. The van der Waals surface area contributed by atoms with E-state index in [1.54, 1.807) is 0 Å². The van der Waals surface area contributed by atoms with Crippen LogP contribution in [-0.2, 0) is 11.2 Å². The zero-order chi connectivity index (χ0) is 19.7. The molecule has 0 saturated heterocycles. The number of nitrogens with zero attached hydrogens (tertiary/aromatic N) is 5. The Morgan fingerprint density at radius 1 is 1.19 bits per heavy atom. The molecule has 3 heterocycles. The first kappa shape index (κ1) is 19.6. The third kappa shape index (κ3) is 3.91. The highest BCUT2D eigenvalue weighted by Crippen LogP contribution is 2.26. The van der Waals surface area contributed by atoms with Crippen molar-refractivity contribution in [1.82, 2.24) is 25.2 Å². The molecule has 1 N–H and O–H groups in total. The lowest BCUT2D eigenvalue weighted by atomic mass is 10.1. The van der Waals surface area contributed by atoms with Crippen LogP contribution in [-0.4, -0.2) is 31.1 Å². The van der Waals surface area contributed by atoms with E-state index < -0.39 is 6.04 Å². The van der Waals surface area contributed by atoms with E-state index in [1.807, 2.05) is 20.8 Å². The number of aromatic nitrogens is 5. The molecule has 0 saturated carbocycles. The van der Waals surface area contributed by atoms with E-state index in [0.717, 1.165) is 21.9 Å². The number of fused-ring (bicyclic) bond motifs is 1. The predicted octanol–water partition coefficient (Wildman–Crippen LogP) is 3.11. The Bertz CT molecular complexity index is 1040. The summed E-state index contributed by atoms with van der Waals surface area (Å²) in [5, 5.41) is 20.9. The first-order valence-electron chi connectivity index (χ1n) is 8.80. The summed E-state index contributed by atoms with van der Waals surface area (Å²) in [7, 11) is 0. The number of rotatable bonds is 6. The largest absolute Gasteiger partial charge is 0.299 e. The monoisotopic (exact) mass is 406 g/mol. The number of amides is 1.